The van der Waals surface area contributed by atoms with Gasteiger partial charge in [0.2, 0.25) is 0 Å². The van der Waals surface area contributed by atoms with Crippen LogP contribution in [0.15, 0.2) is 103 Å². The molecule has 154 valence electrons. The summed E-state index contributed by atoms with van der Waals surface area (Å²) in [6.07, 6.45) is 0. The quantitative estimate of drug-likeness (QED) is 0.292. The summed E-state index contributed by atoms with van der Waals surface area (Å²) >= 11 is 0. The summed E-state index contributed by atoms with van der Waals surface area (Å²) in [5.74, 6) is 0. The van der Waals surface area contributed by atoms with Crippen molar-refractivity contribution in [2.45, 2.75) is 19.4 Å². The van der Waals surface area contributed by atoms with E-state index in [0.717, 1.165) is 5.56 Å². The van der Waals surface area contributed by atoms with Crippen LogP contribution in [-0.4, -0.2) is 0 Å². The maximum atomic E-state index is 6.30. The molecule has 0 atom stereocenters. The van der Waals surface area contributed by atoms with Gasteiger partial charge in [-0.2, -0.15) is 0 Å². The molecule has 0 bridgehead atoms. The van der Waals surface area contributed by atoms with Gasteiger partial charge in [-0.05, 0) is 74.0 Å². The molecule has 0 radical (unpaired) electrons. The zero-order chi connectivity index (χ0) is 21.9. The highest BCUT2D eigenvalue weighted by Gasteiger charge is 2.16. The summed E-state index contributed by atoms with van der Waals surface area (Å²) in [4.78, 5) is 0. The Morgan fingerprint density at radius 3 is 1.47 bits per heavy atom. The number of benzene rings is 6. The first-order valence-electron chi connectivity index (χ1n) is 11.2. The monoisotopic (exact) mass is 411 g/mol. The fourth-order valence-electron chi connectivity index (χ4n) is 5.00. The van der Waals surface area contributed by atoms with Gasteiger partial charge in [0.25, 0.3) is 0 Å². The zero-order valence-electron chi connectivity index (χ0n) is 18.4. The van der Waals surface area contributed by atoms with E-state index in [2.05, 4.69) is 103 Å². The van der Waals surface area contributed by atoms with Crippen LogP contribution in [-0.2, 0) is 5.54 Å². The van der Waals surface area contributed by atoms with E-state index in [1.807, 2.05) is 13.8 Å². The molecule has 0 aliphatic heterocycles. The number of hydrogen-bond donors (Lipinski definition) is 1. The lowest BCUT2D eigenvalue weighted by atomic mass is 9.86. The van der Waals surface area contributed by atoms with E-state index < -0.39 is 0 Å². The van der Waals surface area contributed by atoms with Crippen molar-refractivity contribution in [3.05, 3.63) is 109 Å². The highest BCUT2D eigenvalue weighted by atomic mass is 14.7. The molecular weight excluding hydrogens is 386 g/mol. The van der Waals surface area contributed by atoms with Crippen LogP contribution in [0.25, 0.3) is 54.6 Å². The third-order valence-corrected chi connectivity index (χ3v) is 6.69. The molecule has 0 aliphatic rings. The van der Waals surface area contributed by atoms with Gasteiger partial charge in [-0.3, -0.25) is 0 Å². The molecule has 2 N–H and O–H groups in total. The van der Waals surface area contributed by atoms with Crippen molar-refractivity contribution in [2.75, 3.05) is 0 Å². The Labute approximate surface area is 188 Å². The van der Waals surface area contributed by atoms with Crippen molar-refractivity contribution < 1.29 is 0 Å². The predicted molar refractivity (Wildman–Crippen MR) is 138 cm³/mol. The Kier molecular flexibility index (Phi) is 4.11. The molecule has 0 unspecified atom stereocenters. The second kappa shape index (κ2) is 6.91. The maximum absolute atomic E-state index is 6.30. The van der Waals surface area contributed by atoms with Crippen LogP contribution in [0.4, 0.5) is 0 Å². The highest BCUT2D eigenvalue weighted by Crippen LogP contribution is 2.42. The predicted octanol–water partition coefficient (Wildman–Crippen LogP) is 8.11. The van der Waals surface area contributed by atoms with E-state index >= 15 is 0 Å². The number of rotatable bonds is 3. The standard InChI is InChI=1S/C31H25N/c1-31(2,32)24-14-8-21(9-15-24)26-17-11-23-12-18-27-25(20-6-4-3-5-7-20)16-10-22-13-19-28(26)30(23)29(22)27/h3-19H,32H2,1-2H3. The van der Waals surface area contributed by atoms with Crippen molar-refractivity contribution in [3.63, 3.8) is 0 Å². The van der Waals surface area contributed by atoms with Gasteiger partial charge in [-0.15, -0.1) is 0 Å². The van der Waals surface area contributed by atoms with Crippen molar-refractivity contribution >= 4 is 32.3 Å². The molecular formula is C31H25N. The van der Waals surface area contributed by atoms with Gasteiger partial charge < -0.3 is 5.73 Å². The molecule has 6 aromatic rings. The Morgan fingerprint density at radius 1 is 0.500 bits per heavy atom. The number of nitrogens with two attached hydrogens (primary N) is 1. The average Bonchev–Trinajstić information content (AvgIpc) is 2.82. The van der Waals surface area contributed by atoms with Crippen molar-refractivity contribution in [1.82, 2.24) is 0 Å². The first-order valence-corrected chi connectivity index (χ1v) is 11.2. The van der Waals surface area contributed by atoms with E-state index in [-0.39, 0.29) is 5.54 Å². The lowest BCUT2D eigenvalue weighted by molar-refractivity contribution is 0.554. The van der Waals surface area contributed by atoms with E-state index in [9.17, 15) is 0 Å². The zero-order valence-corrected chi connectivity index (χ0v) is 18.4. The Bertz CT molecular complexity index is 1570. The molecule has 0 heterocycles. The van der Waals surface area contributed by atoms with Gasteiger partial charge >= 0.3 is 0 Å². The molecule has 0 saturated heterocycles. The van der Waals surface area contributed by atoms with Crippen LogP contribution < -0.4 is 5.73 Å². The van der Waals surface area contributed by atoms with Crippen LogP contribution in [0, 0.1) is 0 Å². The summed E-state index contributed by atoms with van der Waals surface area (Å²) in [6, 6.07) is 37.5. The molecule has 6 rings (SSSR count). The normalized spacial score (nSPS) is 12.2. The topological polar surface area (TPSA) is 26.0 Å². The van der Waals surface area contributed by atoms with Crippen molar-refractivity contribution in [2.24, 2.45) is 5.73 Å². The first kappa shape index (κ1) is 19.0. The number of hydrogen-bond acceptors (Lipinski definition) is 1. The molecule has 0 aliphatic carbocycles. The summed E-state index contributed by atoms with van der Waals surface area (Å²) in [7, 11) is 0. The third kappa shape index (κ3) is 2.90. The fraction of sp³-hybridized carbons (Fsp3) is 0.0968. The van der Waals surface area contributed by atoms with Gasteiger partial charge in [0.1, 0.15) is 0 Å². The smallest absolute Gasteiger partial charge is 0.0352 e. The molecule has 1 nitrogen and oxygen atoms in total. The lowest BCUT2D eigenvalue weighted by Gasteiger charge is -2.20. The van der Waals surface area contributed by atoms with Crippen molar-refractivity contribution in [3.8, 4) is 22.3 Å². The molecule has 0 spiro atoms. The first-order chi connectivity index (χ1) is 15.5. The summed E-state index contributed by atoms with van der Waals surface area (Å²) in [6.45, 7) is 4.09. The minimum absolute atomic E-state index is 0.338. The molecule has 6 aromatic carbocycles. The minimum Gasteiger partial charge on any atom is -0.322 e. The van der Waals surface area contributed by atoms with Crippen LogP contribution in [0.2, 0.25) is 0 Å². The Hall–Kier alpha value is -3.68. The SMILES string of the molecule is CC(C)(N)c1ccc(-c2ccc3ccc4c(-c5ccccc5)ccc5ccc2c3c54)cc1. The van der Waals surface area contributed by atoms with Crippen LogP contribution in [0.1, 0.15) is 19.4 Å². The van der Waals surface area contributed by atoms with Crippen molar-refractivity contribution in [1.29, 1.82) is 0 Å². The maximum Gasteiger partial charge on any atom is 0.0352 e. The molecule has 0 saturated carbocycles. The fourth-order valence-corrected chi connectivity index (χ4v) is 5.00. The molecule has 32 heavy (non-hydrogen) atoms. The summed E-state index contributed by atoms with van der Waals surface area (Å²) in [5.41, 5.74) is 12.1. The van der Waals surface area contributed by atoms with Gasteiger partial charge in [0, 0.05) is 5.54 Å². The largest absolute Gasteiger partial charge is 0.322 e. The molecule has 0 aromatic heterocycles. The molecule has 1 heteroatoms. The Balaban J connectivity index is 1.64. The van der Waals surface area contributed by atoms with Gasteiger partial charge in [-0.25, -0.2) is 0 Å². The second-order valence-corrected chi connectivity index (χ2v) is 9.31. The van der Waals surface area contributed by atoms with E-state index in [1.165, 1.54) is 54.6 Å². The Morgan fingerprint density at radius 2 is 0.969 bits per heavy atom. The van der Waals surface area contributed by atoms with E-state index in [4.69, 9.17) is 5.73 Å². The lowest BCUT2D eigenvalue weighted by Crippen LogP contribution is -2.28. The van der Waals surface area contributed by atoms with E-state index in [0.29, 0.717) is 0 Å². The van der Waals surface area contributed by atoms with Crippen LogP contribution in [0.5, 0.6) is 0 Å². The second-order valence-electron chi connectivity index (χ2n) is 9.31. The van der Waals surface area contributed by atoms with Crippen LogP contribution >= 0.6 is 0 Å². The van der Waals surface area contributed by atoms with Gasteiger partial charge in [0.05, 0.1) is 0 Å². The minimum atomic E-state index is -0.338. The van der Waals surface area contributed by atoms with Gasteiger partial charge in [-0.1, -0.05) is 103 Å². The molecule has 0 amide bonds. The van der Waals surface area contributed by atoms with E-state index in [1.54, 1.807) is 0 Å². The van der Waals surface area contributed by atoms with Crippen LogP contribution in [0.3, 0.4) is 0 Å². The summed E-state index contributed by atoms with van der Waals surface area (Å²) < 4.78 is 0. The van der Waals surface area contributed by atoms with Gasteiger partial charge in [0.15, 0.2) is 0 Å². The molecule has 0 fully saturated rings. The highest BCUT2D eigenvalue weighted by molar-refractivity contribution is 6.27. The third-order valence-electron chi connectivity index (χ3n) is 6.69. The average molecular weight is 412 g/mol. The summed E-state index contributed by atoms with van der Waals surface area (Å²) in [5, 5.41) is 7.87.